The fourth-order valence-electron chi connectivity index (χ4n) is 2.24. The van der Waals surface area contributed by atoms with E-state index in [1.54, 1.807) is 17.9 Å². The van der Waals surface area contributed by atoms with Gasteiger partial charge in [0, 0.05) is 33.2 Å². The van der Waals surface area contributed by atoms with Crippen LogP contribution < -0.4 is 4.90 Å². The van der Waals surface area contributed by atoms with Crippen molar-refractivity contribution in [1.82, 2.24) is 24.6 Å². The van der Waals surface area contributed by atoms with Crippen molar-refractivity contribution in [1.29, 1.82) is 0 Å². The van der Waals surface area contributed by atoms with Crippen LogP contribution in [-0.4, -0.2) is 57.9 Å². The number of likely N-dealkylation sites (N-methyl/N-ethyl adjacent to an activating group) is 1. The molecule has 0 aliphatic carbocycles. The highest BCUT2D eigenvalue weighted by molar-refractivity contribution is 5.86. The minimum Gasteiger partial charge on any atom is -0.353 e. The molecule has 3 rings (SSSR count). The number of hydrogen-bond acceptors (Lipinski definition) is 5. The molecule has 0 unspecified atom stereocenters. The lowest BCUT2D eigenvalue weighted by Gasteiger charge is -2.33. The smallest absolute Gasteiger partial charge is 0.312 e. The molecule has 0 aromatic carbocycles. The van der Waals surface area contributed by atoms with Crippen LogP contribution in [0.25, 0.3) is 11.0 Å². The van der Waals surface area contributed by atoms with Crippen LogP contribution in [0.3, 0.4) is 0 Å². The number of halogens is 1. The van der Waals surface area contributed by atoms with Crippen molar-refractivity contribution in [3.8, 4) is 0 Å². The molecule has 1 fully saturated rings. The molecule has 0 atom stereocenters. The zero-order valence-electron chi connectivity index (χ0n) is 10.5. The lowest BCUT2D eigenvalue weighted by Crippen LogP contribution is -2.45. The van der Waals surface area contributed by atoms with Crippen molar-refractivity contribution in [2.75, 3.05) is 38.1 Å². The van der Waals surface area contributed by atoms with Crippen molar-refractivity contribution >= 4 is 16.9 Å². The predicted octanol–water partition coefficient (Wildman–Crippen LogP) is 0.254. The quantitative estimate of drug-likeness (QED) is 0.679. The molecule has 7 heteroatoms. The van der Waals surface area contributed by atoms with E-state index < -0.39 is 6.08 Å². The molecule has 0 bridgehead atoms. The van der Waals surface area contributed by atoms with Gasteiger partial charge in [-0.1, -0.05) is 0 Å². The third-order valence-corrected chi connectivity index (χ3v) is 3.35. The summed E-state index contributed by atoms with van der Waals surface area (Å²) in [6.07, 6.45) is 1.00. The first-order chi connectivity index (χ1) is 8.65. The van der Waals surface area contributed by atoms with Gasteiger partial charge in [0.2, 0.25) is 0 Å². The Morgan fingerprint density at radius 3 is 2.56 bits per heavy atom. The summed E-state index contributed by atoms with van der Waals surface area (Å²) in [6.45, 7) is 3.59. The van der Waals surface area contributed by atoms with E-state index in [-0.39, 0.29) is 0 Å². The second-order valence-electron chi connectivity index (χ2n) is 4.61. The summed E-state index contributed by atoms with van der Waals surface area (Å²) in [5, 5.41) is 4.93. The minimum atomic E-state index is -0.694. The second kappa shape index (κ2) is 4.16. The predicted molar refractivity (Wildman–Crippen MR) is 66.0 cm³/mol. The van der Waals surface area contributed by atoms with Gasteiger partial charge in [-0.15, -0.1) is 0 Å². The maximum Gasteiger partial charge on any atom is 0.312 e. The van der Waals surface area contributed by atoms with Crippen molar-refractivity contribution in [3.63, 3.8) is 0 Å². The molecule has 0 N–H and O–H groups in total. The second-order valence-corrected chi connectivity index (χ2v) is 4.61. The lowest BCUT2D eigenvalue weighted by atomic mass is 10.3. The van der Waals surface area contributed by atoms with E-state index in [9.17, 15) is 4.39 Å². The van der Waals surface area contributed by atoms with Crippen LogP contribution in [0.5, 0.6) is 0 Å². The van der Waals surface area contributed by atoms with Gasteiger partial charge in [-0.2, -0.15) is 19.5 Å². The van der Waals surface area contributed by atoms with E-state index in [2.05, 4.69) is 31.9 Å². The van der Waals surface area contributed by atoms with Gasteiger partial charge in [-0.3, -0.25) is 4.68 Å². The highest BCUT2D eigenvalue weighted by Crippen LogP contribution is 2.23. The monoisotopic (exact) mass is 250 g/mol. The zero-order valence-corrected chi connectivity index (χ0v) is 10.5. The summed E-state index contributed by atoms with van der Waals surface area (Å²) in [7, 11) is 3.83. The van der Waals surface area contributed by atoms with Gasteiger partial charge >= 0.3 is 6.08 Å². The Morgan fingerprint density at radius 2 is 1.83 bits per heavy atom. The molecule has 2 aromatic heterocycles. The zero-order chi connectivity index (χ0) is 12.7. The van der Waals surface area contributed by atoms with Crippen LogP contribution in [0.15, 0.2) is 6.20 Å². The average molecular weight is 250 g/mol. The summed E-state index contributed by atoms with van der Waals surface area (Å²) in [5.41, 5.74) is 0.538. The van der Waals surface area contributed by atoms with Crippen LogP contribution >= 0.6 is 0 Å². The largest absolute Gasteiger partial charge is 0.353 e. The number of piperazine rings is 1. The molecule has 0 amide bonds. The highest BCUT2D eigenvalue weighted by atomic mass is 19.1. The lowest BCUT2D eigenvalue weighted by molar-refractivity contribution is 0.312. The Labute approximate surface area is 104 Å². The van der Waals surface area contributed by atoms with Crippen molar-refractivity contribution in [2.45, 2.75) is 0 Å². The molecular weight excluding hydrogens is 235 g/mol. The number of fused-ring (bicyclic) bond motifs is 1. The molecule has 0 saturated carbocycles. The average Bonchev–Trinajstić information content (AvgIpc) is 2.71. The Hall–Kier alpha value is -1.76. The third kappa shape index (κ3) is 1.80. The topological polar surface area (TPSA) is 50.1 Å². The summed E-state index contributed by atoms with van der Waals surface area (Å²) < 4.78 is 15.1. The summed E-state index contributed by atoms with van der Waals surface area (Å²) in [6, 6.07) is 0. The first-order valence-electron chi connectivity index (χ1n) is 5.94. The number of aryl methyl sites for hydroxylation is 1. The molecule has 0 spiro atoms. The molecule has 1 aliphatic heterocycles. The first-order valence-corrected chi connectivity index (χ1v) is 5.94. The summed E-state index contributed by atoms with van der Waals surface area (Å²) in [4.78, 5) is 12.1. The normalized spacial score (nSPS) is 17.6. The number of aromatic nitrogens is 4. The molecule has 1 saturated heterocycles. The fraction of sp³-hybridized carbons (Fsp3) is 0.545. The van der Waals surface area contributed by atoms with E-state index >= 15 is 0 Å². The van der Waals surface area contributed by atoms with E-state index in [1.807, 2.05) is 0 Å². The molecule has 18 heavy (non-hydrogen) atoms. The van der Waals surface area contributed by atoms with Gasteiger partial charge in [0.25, 0.3) is 0 Å². The summed E-state index contributed by atoms with van der Waals surface area (Å²) in [5.74, 6) is 0.652. The van der Waals surface area contributed by atoms with Crippen molar-refractivity contribution in [3.05, 3.63) is 12.3 Å². The Bertz CT molecular complexity index is 572. The van der Waals surface area contributed by atoms with Crippen molar-refractivity contribution < 1.29 is 4.39 Å². The summed E-state index contributed by atoms with van der Waals surface area (Å²) >= 11 is 0. The molecule has 0 radical (unpaired) electrons. The van der Waals surface area contributed by atoms with Crippen LogP contribution in [0.4, 0.5) is 10.2 Å². The number of rotatable bonds is 1. The SMILES string of the molecule is CN1CCN(c2nc(F)nc3c2cnn3C)CC1. The first kappa shape index (κ1) is 11.3. The number of hydrogen-bond donors (Lipinski definition) is 0. The Morgan fingerprint density at radius 1 is 1.11 bits per heavy atom. The molecule has 1 aliphatic rings. The Kier molecular flexibility index (Phi) is 2.62. The maximum atomic E-state index is 13.5. The Balaban J connectivity index is 2.05. The molecule has 96 valence electrons. The van der Waals surface area contributed by atoms with Crippen LogP contribution in [0.2, 0.25) is 0 Å². The van der Waals surface area contributed by atoms with Gasteiger partial charge in [0.05, 0.1) is 11.6 Å². The van der Waals surface area contributed by atoms with Gasteiger partial charge in [-0.25, -0.2) is 0 Å². The third-order valence-electron chi connectivity index (χ3n) is 3.35. The van der Waals surface area contributed by atoms with Gasteiger partial charge in [0.15, 0.2) is 5.65 Å². The maximum absolute atomic E-state index is 13.5. The van der Waals surface area contributed by atoms with Crippen LogP contribution in [-0.2, 0) is 7.05 Å². The number of anilines is 1. The van der Waals surface area contributed by atoms with Crippen LogP contribution in [0.1, 0.15) is 0 Å². The number of nitrogens with zero attached hydrogens (tertiary/aromatic N) is 6. The van der Waals surface area contributed by atoms with Gasteiger partial charge in [-0.05, 0) is 7.05 Å². The fourth-order valence-corrected chi connectivity index (χ4v) is 2.24. The van der Waals surface area contributed by atoms with Crippen molar-refractivity contribution in [2.24, 2.45) is 7.05 Å². The van der Waals surface area contributed by atoms with E-state index in [0.29, 0.717) is 11.5 Å². The van der Waals surface area contributed by atoms with E-state index in [0.717, 1.165) is 31.6 Å². The van der Waals surface area contributed by atoms with E-state index in [1.165, 1.54) is 0 Å². The minimum absolute atomic E-state index is 0.538. The van der Waals surface area contributed by atoms with Gasteiger partial charge < -0.3 is 9.80 Å². The standard InChI is InChI=1S/C11H15FN6/c1-16-3-5-18(6-4-16)10-8-7-13-17(2)9(8)14-11(12)15-10/h7H,3-6H2,1-2H3. The van der Waals surface area contributed by atoms with Crippen LogP contribution in [0, 0.1) is 6.08 Å². The molecule has 2 aromatic rings. The molecular formula is C11H15FN6. The molecule has 3 heterocycles. The molecule has 6 nitrogen and oxygen atoms in total. The van der Waals surface area contributed by atoms with E-state index in [4.69, 9.17) is 0 Å². The highest BCUT2D eigenvalue weighted by Gasteiger charge is 2.20. The van der Waals surface area contributed by atoms with Gasteiger partial charge in [0.1, 0.15) is 5.82 Å².